The van der Waals surface area contributed by atoms with Crippen LogP contribution in [-0.2, 0) is 11.2 Å². The Kier molecular flexibility index (Phi) is 4.39. The monoisotopic (exact) mass is 375 g/mol. The average Bonchev–Trinajstić information content (AvgIpc) is 2.98. The van der Waals surface area contributed by atoms with Crippen LogP contribution in [0.1, 0.15) is 22.8 Å². The summed E-state index contributed by atoms with van der Waals surface area (Å²) >= 11 is 0. The first-order valence-electron chi connectivity index (χ1n) is 8.89. The predicted octanol–water partition coefficient (Wildman–Crippen LogP) is 3.21. The van der Waals surface area contributed by atoms with Crippen LogP contribution < -0.4 is 5.32 Å². The third-order valence-electron chi connectivity index (χ3n) is 4.76. The van der Waals surface area contributed by atoms with Crippen LogP contribution in [0.25, 0.3) is 0 Å². The Labute approximate surface area is 161 Å². The number of fused-ring (bicyclic) bond motifs is 1. The van der Waals surface area contributed by atoms with Crippen molar-refractivity contribution in [2.45, 2.75) is 19.0 Å². The van der Waals surface area contributed by atoms with Crippen LogP contribution in [0.5, 0.6) is 0 Å². The molecule has 2 heterocycles. The van der Waals surface area contributed by atoms with E-state index in [0.29, 0.717) is 17.0 Å². The lowest BCUT2D eigenvalue weighted by atomic mass is 9.98. The van der Waals surface area contributed by atoms with Crippen molar-refractivity contribution < 1.29 is 14.0 Å². The summed E-state index contributed by atoms with van der Waals surface area (Å²) in [4.78, 5) is 32.2. The van der Waals surface area contributed by atoms with Crippen LogP contribution >= 0.6 is 0 Å². The summed E-state index contributed by atoms with van der Waals surface area (Å²) in [6.45, 7) is 1.86. The van der Waals surface area contributed by atoms with Crippen molar-refractivity contribution in [2.24, 2.45) is 4.99 Å². The summed E-state index contributed by atoms with van der Waals surface area (Å²) in [7, 11) is 0. The lowest BCUT2D eigenvalue weighted by Crippen LogP contribution is -2.55. The van der Waals surface area contributed by atoms with Gasteiger partial charge in [-0.15, -0.1) is 0 Å². The number of nitrogens with zero attached hydrogens (tertiary/aromatic N) is 2. The fourth-order valence-corrected chi connectivity index (χ4v) is 3.33. The van der Waals surface area contributed by atoms with Crippen LogP contribution in [0.15, 0.2) is 83.5 Å². The number of hydrogen-bond acceptors (Lipinski definition) is 3. The van der Waals surface area contributed by atoms with Crippen molar-refractivity contribution >= 4 is 17.6 Å². The van der Waals surface area contributed by atoms with Crippen LogP contribution in [-0.4, -0.2) is 28.2 Å². The van der Waals surface area contributed by atoms with E-state index in [1.165, 1.54) is 17.0 Å². The fourth-order valence-electron chi connectivity index (χ4n) is 3.33. The number of carbonyl (C=O) groups excluding carboxylic acids is 2. The summed E-state index contributed by atoms with van der Waals surface area (Å²) in [5, 5.41) is 2.83. The molecule has 1 N–H and O–H groups in total. The Hall–Kier alpha value is -3.54. The first kappa shape index (κ1) is 17.9. The Balaban J connectivity index is 1.74. The van der Waals surface area contributed by atoms with Crippen LogP contribution in [0, 0.1) is 5.82 Å². The lowest BCUT2D eigenvalue weighted by molar-refractivity contribution is -0.130. The Morgan fingerprint density at radius 2 is 1.86 bits per heavy atom. The van der Waals surface area contributed by atoms with Gasteiger partial charge in [0.2, 0.25) is 5.66 Å². The molecule has 2 aliphatic rings. The van der Waals surface area contributed by atoms with E-state index in [0.717, 1.165) is 5.57 Å². The molecule has 2 amide bonds. The van der Waals surface area contributed by atoms with Gasteiger partial charge in [-0.25, -0.2) is 9.38 Å². The quantitative estimate of drug-likeness (QED) is 0.892. The zero-order valence-electron chi connectivity index (χ0n) is 15.2. The van der Waals surface area contributed by atoms with E-state index in [4.69, 9.17) is 0 Å². The van der Waals surface area contributed by atoms with Crippen molar-refractivity contribution in [3.63, 3.8) is 0 Å². The number of rotatable bonds is 4. The third kappa shape index (κ3) is 3.13. The second-order valence-corrected chi connectivity index (χ2v) is 6.79. The maximum Gasteiger partial charge on any atom is 0.281 e. The normalized spacial score (nSPS) is 20.5. The molecule has 2 aromatic rings. The highest BCUT2D eigenvalue weighted by molar-refractivity contribution is 6.17. The van der Waals surface area contributed by atoms with Crippen molar-refractivity contribution in [1.29, 1.82) is 0 Å². The standard InChI is InChI=1S/C22H18FN3O2/c1-15-6-5-13-26-19(15)24-22(21(26)28,14-16-9-11-18(23)12-10-16)25-20(27)17-7-3-2-4-8-17/h2-13H,14H2,1H3,(H,25,27)/t22-/m0/s1. The van der Waals surface area contributed by atoms with E-state index in [-0.39, 0.29) is 18.1 Å². The van der Waals surface area contributed by atoms with Gasteiger partial charge < -0.3 is 5.32 Å². The van der Waals surface area contributed by atoms with Gasteiger partial charge in [0.05, 0.1) is 0 Å². The summed E-state index contributed by atoms with van der Waals surface area (Å²) < 4.78 is 13.3. The molecule has 4 rings (SSSR count). The smallest absolute Gasteiger partial charge is 0.281 e. The molecule has 0 fully saturated rings. The lowest BCUT2D eigenvalue weighted by Gasteiger charge is -2.27. The van der Waals surface area contributed by atoms with Crippen LogP contribution in [0.2, 0.25) is 0 Å². The molecule has 0 aliphatic carbocycles. The Morgan fingerprint density at radius 1 is 1.14 bits per heavy atom. The van der Waals surface area contributed by atoms with E-state index in [1.54, 1.807) is 48.7 Å². The van der Waals surface area contributed by atoms with E-state index in [9.17, 15) is 14.0 Å². The first-order chi connectivity index (χ1) is 13.5. The largest absolute Gasteiger partial charge is 0.320 e. The van der Waals surface area contributed by atoms with E-state index in [1.807, 2.05) is 19.1 Å². The van der Waals surface area contributed by atoms with E-state index in [2.05, 4.69) is 10.3 Å². The molecule has 0 spiro atoms. The summed E-state index contributed by atoms with van der Waals surface area (Å²) in [5.41, 5.74) is 0.453. The van der Waals surface area contributed by atoms with Crippen LogP contribution in [0.3, 0.4) is 0 Å². The van der Waals surface area contributed by atoms with Gasteiger partial charge in [-0.3, -0.25) is 14.5 Å². The molecule has 0 bridgehead atoms. The van der Waals surface area contributed by atoms with Crippen molar-refractivity contribution in [1.82, 2.24) is 10.2 Å². The molecule has 5 nitrogen and oxygen atoms in total. The van der Waals surface area contributed by atoms with Gasteiger partial charge in [-0.05, 0) is 48.4 Å². The highest BCUT2D eigenvalue weighted by atomic mass is 19.1. The molecule has 0 radical (unpaired) electrons. The van der Waals surface area contributed by atoms with Gasteiger partial charge in [-0.2, -0.15) is 0 Å². The molecular weight excluding hydrogens is 357 g/mol. The van der Waals surface area contributed by atoms with Crippen molar-refractivity contribution in [2.75, 3.05) is 0 Å². The minimum absolute atomic E-state index is 0.117. The molecule has 0 unspecified atom stereocenters. The zero-order chi connectivity index (χ0) is 19.7. The van der Waals surface area contributed by atoms with Gasteiger partial charge in [0, 0.05) is 18.2 Å². The van der Waals surface area contributed by atoms with Gasteiger partial charge >= 0.3 is 0 Å². The number of aliphatic imine (C=N–C) groups is 1. The molecule has 1 atom stereocenters. The predicted molar refractivity (Wildman–Crippen MR) is 104 cm³/mol. The average molecular weight is 375 g/mol. The number of nitrogens with one attached hydrogen (secondary N) is 1. The maximum absolute atomic E-state index is 13.3. The van der Waals surface area contributed by atoms with Crippen LogP contribution in [0.4, 0.5) is 4.39 Å². The number of amidine groups is 1. The highest BCUT2D eigenvalue weighted by Gasteiger charge is 2.49. The van der Waals surface area contributed by atoms with Gasteiger partial charge in [0.15, 0.2) is 0 Å². The molecule has 6 heteroatoms. The highest BCUT2D eigenvalue weighted by Crippen LogP contribution is 2.30. The van der Waals surface area contributed by atoms with Crippen molar-refractivity contribution in [3.8, 4) is 0 Å². The molecule has 2 aliphatic heterocycles. The minimum Gasteiger partial charge on any atom is -0.320 e. The summed E-state index contributed by atoms with van der Waals surface area (Å²) in [6.07, 6.45) is 5.37. The number of carbonyl (C=O) groups is 2. The second-order valence-electron chi connectivity index (χ2n) is 6.79. The van der Waals surface area contributed by atoms with E-state index < -0.39 is 11.6 Å². The SMILES string of the molecule is CC1=CC=CN2C(=O)[C@](Cc3ccc(F)cc3)(NC(=O)c3ccccc3)N=C12. The minimum atomic E-state index is -1.50. The van der Waals surface area contributed by atoms with Gasteiger partial charge in [0.1, 0.15) is 11.7 Å². The number of benzene rings is 2. The van der Waals surface area contributed by atoms with Gasteiger partial charge in [-0.1, -0.05) is 36.4 Å². The molecule has 0 aromatic heterocycles. The van der Waals surface area contributed by atoms with Gasteiger partial charge in [0.25, 0.3) is 11.8 Å². The fraction of sp³-hybridized carbons (Fsp3) is 0.136. The summed E-state index contributed by atoms with van der Waals surface area (Å²) in [6, 6.07) is 14.5. The molecule has 28 heavy (non-hydrogen) atoms. The number of allylic oxidation sites excluding steroid dienone is 2. The van der Waals surface area contributed by atoms with E-state index >= 15 is 0 Å². The molecule has 0 saturated heterocycles. The second kappa shape index (κ2) is 6.88. The number of amides is 2. The number of hydrogen-bond donors (Lipinski definition) is 1. The Bertz CT molecular complexity index is 1030. The molecule has 0 saturated carbocycles. The third-order valence-corrected chi connectivity index (χ3v) is 4.76. The topological polar surface area (TPSA) is 61.8 Å². The maximum atomic E-state index is 13.3. The number of halogens is 1. The van der Waals surface area contributed by atoms with Crippen molar-refractivity contribution in [3.05, 3.63) is 95.5 Å². The molecule has 2 aromatic carbocycles. The Morgan fingerprint density at radius 3 is 2.54 bits per heavy atom. The zero-order valence-corrected chi connectivity index (χ0v) is 15.2. The first-order valence-corrected chi connectivity index (χ1v) is 8.89. The molecular formula is C22H18FN3O2. The summed E-state index contributed by atoms with van der Waals surface area (Å²) in [5.74, 6) is -0.608. The molecule has 140 valence electrons.